The minimum atomic E-state index is -0.383. The summed E-state index contributed by atoms with van der Waals surface area (Å²) in [5.74, 6) is -1.16. The number of anilines is 1. The third kappa shape index (κ3) is 3.02. The minimum Gasteiger partial charge on any atom is -0.369 e. The summed E-state index contributed by atoms with van der Waals surface area (Å²) in [4.78, 5) is 26.3. The number of halogens is 1. The molecular weight excluding hydrogens is 307 g/mol. The molecule has 0 aliphatic carbocycles. The molecule has 1 aliphatic heterocycles. The van der Waals surface area contributed by atoms with E-state index in [1.807, 2.05) is 31.2 Å². The predicted molar refractivity (Wildman–Crippen MR) is 90.0 cm³/mol. The van der Waals surface area contributed by atoms with Gasteiger partial charge >= 0.3 is 0 Å². The number of primary amides is 1. The number of nitrogens with zero attached hydrogens (tertiary/aromatic N) is 1. The molecule has 124 valence electrons. The second kappa shape index (κ2) is 6.43. The van der Waals surface area contributed by atoms with Gasteiger partial charge in [-0.3, -0.25) is 9.59 Å². The fourth-order valence-electron chi connectivity index (χ4n) is 3.32. The molecule has 2 aromatic rings. The van der Waals surface area contributed by atoms with Crippen LogP contribution in [0.15, 0.2) is 48.5 Å². The van der Waals surface area contributed by atoms with Crippen LogP contribution in [0.5, 0.6) is 0 Å². The van der Waals surface area contributed by atoms with Crippen LogP contribution in [0.1, 0.15) is 30.4 Å². The summed E-state index contributed by atoms with van der Waals surface area (Å²) in [6.07, 6.45) is 0.682. The quantitative estimate of drug-likeness (QED) is 0.942. The lowest BCUT2D eigenvalue weighted by atomic mass is 9.85. The van der Waals surface area contributed by atoms with E-state index >= 15 is 0 Å². The van der Waals surface area contributed by atoms with Crippen molar-refractivity contribution in [1.82, 2.24) is 0 Å². The van der Waals surface area contributed by atoms with E-state index in [0.717, 1.165) is 16.8 Å². The molecule has 3 rings (SSSR count). The van der Waals surface area contributed by atoms with E-state index in [4.69, 9.17) is 5.73 Å². The first kappa shape index (κ1) is 16.2. The third-order valence-electron chi connectivity index (χ3n) is 4.47. The Hall–Kier alpha value is -2.69. The fourth-order valence-corrected chi connectivity index (χ4v) is 3.32. The van der Waals surface area contributed by atoms with Crippen LogP contribution in [0.2, 0.25) is 0 Å². The van der Waals surface area contributed by atoms with Gasteiger partial charge in [-0.2, -0.15) is 0 Å². The highest BCUT2D eigenvalue weighted by molar-refractivity contribution is 5.98. The zero-order chi connectivity index (χ0) is 17.3. The van der Waals surface area contributed by atoms with Gasteiger partial charge in [-0.1, -0.05) is 30.3 Å². The lowest BCUT2D eigenvalue weighted by Gasteiger charge is -2.38. The van der Waals surface area contributed by atoms with Gasteiger partial charge in [-0.25, -0.2) is 4.39 Å². The number of fused-ring (bicyclic) bond motifs is 1. The highest BCUT2D eigenvalue weighted by Crippen LogP contribution is 2.38. The molecule has 2 N–H and O–H groups in total. The molecule has 4 nitrogen and oxygen atoms in total. The molecule has 0 spiro atoms. The maximum Gasteiger partial charge on any atom is 0.231 e. The third-order valence-corrected chi connectivity index (χ3v) is 4.47. The van der Waals surface area contributed by atoms with Crippen LogP contribution in [-0.2, 0) is 16.0 Å². The number of carbonyl (C=O) groups is 2. The molecule has 0 saturated heterocycles. The molecular formula is C19H19FN2O2. The van der Waals surface area contributed by atoms with Gasteiger partial charge in [0.1, 0.15) is 5.82 Å². The van der Waals surface area contributed by atoms with E-state index in [-0.39, 0.29) is 36.0 Å². The van der Waals surface area contributed by atoms with Crippen LogP contribution < -0.4 is 10.6 Å². The van der Waals surface area contributed by atoms with E-state index in [1.165, 1.54) is 12.1 Å². The van der Waals surface area contributed by atoms with Crippen molar-refractivity contribution in [3.63, 3.8) is 0 Å². The Morgan fingerprint density at radius 1 is 1.17 bits per heavy atom. The molecule has 2 aromatic carbocycles. The van der Waals surface area contributed by atoms with Gasteiger partial charge in [-0.05, 0) is 42.7 Å². The zero-order valence-electron chi connectivity index (χ0n) is 13.4. The average molecular weight is 326 g/mol. The van der Waals surface area contributed by atoms with E-state index in [2.05, 4.69) is 0 Å². The Balaban J connectivity index is 1.91. The Labute approximate surface area is 140 Å². The van der Waals surface area contributed by atoms with Crippen molar-refractivity contribution < 1.29 is 14.0 Å². The molecule has 0 saturated carbocycles. The highest BCUT2D eigenvalue weighted by atomic mass is 19.1. The summed E-state index contributed by atoms with van der Waals surface area (Å²) in [5, 5.41) is 0. The van der Waals surface area contributed by atoms with Crippen molar-refractivity contribution >= 4 is 17.5 Å². The minimum absolute atomic E-state index is 0.0792. The Bertz CT molecular complexity index is 773. The van der Waals surface area contributed by atoms with E-state index < -0.39 is 0 Å². The van der Waals surface area contributed by atoms with Gasteiger partial charge in [-0.15, -0.1) is 0 Å². The Morgan fingerprint density at radius 3 is 2.50 bits per heavy atom. The topological polar surface area (TPSA) is 63.4 Å². The van der Waals surface area contributed by atoms with Crippen LogP contribution in [0.25, 0.3) is 0 Å². The molecule has 1 heterocycles. The van der Waals surface area contributed by atoms with Crippen LogP contribution in [0, 0.1) is 5.82 Å². The first-order chi connectivity index (χ1) is 11.5. The number of hydrogen-bond acceptors (Lipinski definition) is 2. The summed E-state index contributed by atoms with van der Waals surface area (Å²) in [6, 6.07) is 13.1. The molecule has 24 heavy (non-hydrogen) atoms. The van der Waals surface area contributed by atoms with Crippen LogP contribution in [-0.4, -0.2) is 17.9 Å². The predicted octanol–water partition coefficient (Wildman–Crippen LogP) is 2.76. The maximum atomic E-state index is 13.0. The van der Waals surface area contributed by atoms with Crippen molar-refractivity contribution in [2.45, 2.75) is 31.7 Å². The molecule has 1 aliphatic rings. The second-order valence-electron chi connectivity index (χ2n) is 6.17. The normalized spacial score (nSPS) is 19.7. The van der Waals surface area contributed by atoms with Gasteiger partial charge < -0.3 is 10.6 Å². The zero-order valence-corrected chi connectivity index (χ0v) is 13.4. The van der Waals surface area contributed by atoms with Crippen molar-refractivity contribution in [3.05, 3.63) is 65.5 Å². The van der Waals surface area contributed by atoms with Crippen molar-refractivity contribution in [2.75, 3.05) is 4.90 Å². The molecule has 0 bridgehead atoms. The van der Waals surface area contributed by atoms with E-state index in [1.54, 1.807) is 17.0 Å². The number of amides is 2. The lowest BCUT2D eigenvalue weighted by molar-refractivity contribution is -0.121. The van der Waals surface area contributed by atoms with Crippen LogP contribution >= 0.6 is 0 Å². The lowest BCUT2D eigenvalue weighted by Crippen LogP contribution is -2.45. The molecule has 0 fully saturated rings. The molecule has 2 unspecified atom stereocenters. The number of nitrogens with two attached hydrogens (primary N) is 1. The van der Waals surface area contributed by atoms with Crippen molar-refractivity contribution in [3.8, 4) is 0 Å². The first-order valence-corrected chi connectivity index (χ1v) is 7.92. The molecule has 2 atom stereocenters. The SMILES string of the molecule is CC1CC(C(N)=O)c2ccccc2N1C(=O)Cc1ccc(F)cc1. The number of para-hydroxylation sites is 1. The van der Waals surface area contributed by atoms with E-state index in [0.29, 0.717) is 6.42 Å². The monoisotopic (exact) mass is 326 g/mol. The van der Waals surface area contributed by atoms with Crippen molar-refractivity contribution in [1.29, 1.82) is 0 Å². The van der Waals surface area contributed by atoms with Crippen LogP contribution in [0.3, 0.4) is 0 Å². The molecule has 0 aromatic heterocycles. The number of rotatable bonds is 3. The first-order valence-electron chi connectivity index (χ1n) is 7.92. The number of hydrogen-bond donors (Lipinski definition) is 1. The summed E-state index contributed by atoms with van der Waals surface area (Å²) >= 11 is 0. The number of carbonyl (C=O) groups excluding carboxylic acids is 2. The molecule has 5 heteroatoms. The van der Waals surface area contributed by atoms with Gasteiger partial charge in [0, 0.05) is 11.7 Å². The smallest absolute Gasteiger partial charge is 0.231 e. The fraction of sp³-hybridized carbons (Fsp3) is 0.263. The second-order valence-corrected chi connectivity index (χ2v) is 6.17. The Morgan fingerprint density at radius 2 is 1.83 bits per heavy atom. The summed E-state index contributed by atoms with van der Waals surface area (Å²) in [5.41, 5.74) is 7.79. The standard InChI is InChI=1S/C19H19FN2O2/c1-12-10-16(19(21)24)15-4-2-3-5-17(15)22(12)18(23)11-13-6-8-14(20)9-7-13/h2-9,12,16H,10-11H2,1H3,(H2,21,24). The highest BCUT2D eigenvalue weighted by Gasteiger charge is 2.35. The van der Waals surface area contributed by atoms with Gasteiger partial charge in [0.15, 0.2) is 0 Å². The maximum absolute atomic E-state index is 13.0. The van der Waals surface area contributed by atoms with E-state index in [9.17, 15) is 14.0 Å². The summed E-state index contributed by atoms with van der Waals surface area (Å²) in [6.45, 7) is 1.91. The summed E-state index contributed by atoms with van der Waals surface area (Å²) in [7, 11) is 0. The average Bonchev–Trinajstić information content (AvgIpc) is 2.56. The molecule has 2 amide bonds. The van der Waals surface area contributed by atoms with Gasteiger partial charge in [0.25, 0.3) is 0 Å². The van der Waals surface area contributed by atoms with Crippen LogP contribution in [0.4, 0.5) is 10.1 Å². The van der Waals surface area contributed by atoms with Gasteiger partial charge in [0.2, 0.25) is 11.8 Å². The molecule has 0 radical (unpaired) electrons. The largest absolute Gasteiger partial charge is 0.369 e. The van der Waals surface area contributed by atoms with Gasteiger partial charge in [0.05, 0.1) is 12.3 Å². The Kier molecular flexibility index (Phi) is 4.34. The number of benzene rings is 2. The summed E-state index contributed by atoms with van der Waals surface area (Å²) < 4.78 is 13.0. The van der Waals surface area contributed by atoms with Crippen molar-refractivity contribution in [2.24, 2.45) is 5.73 Å².